The van der Waals surface area contributed by atoms with Gasteiger partial charge in [0.2, 0.25) is 5.96 Å². The van der Waals surface area contributed by atoms with E-state index in [1.54, 1.807) is 0 Å². The molecule has 0 amide bonds. The molecule has 0 fully saturated rings. The normalized spacial score (nSPS) is 14.3. The van der Waals surface area contributed by atoms with E-state index in [9.17, 15) is 0 Å². The number of guanidine groups is 1. The number of hydrogen-bond acceptors (Lipinski definition) is 3. The zero-order chi connectivity index (χ0) is 11.0. The Hall–Kier alpha value is -0.810. The zero-order valence-electron chi connectivity index (χ0n) is 9.50. The van der Waals surface area contributed by atoms with Crippen LogP contribution >= 0.6 is 0 Å². The van der Waals surface area contributed by atoms with Gasteiger partial charge >= 0.3 is 0 Å². The maximum Gasteiger partial charge on any atom is 0.206 e. The lowest BCUT2D eigenvalue weighted by Crippen LogP contribution is -2.45. The fourth-order valence-corrected chi connectivity index (χ4v) is 0.963. The van der Waals surface area contributed by atoms with Crippen molar-refractivity contribution >= 4 is 5.96 Å². The highest BCUT2D eigenvalue weighted by Crippen LogP contribution is 1.90. The van der Waals surface area contributed by atoms with Gasteiger partial charge in [-0.1, -0.05) is 0 Å². The molecule has 84 valence electrons. The summed E-state index contributed by atoms with van der Waals surface area (Å²) in [6.45, 7) is 9.32. The average molecular weight is 202 g/mol. The molecule has 0 aliphatic heterocycles. The number of hydrazine groups is 1. The summed E-state index contributed by atoms with van der Waals surface area (Å²) in [5.74, 6) is 5.90. The third-order valence-electron chi connectivity index (χ3n) is 1.52. The minimum absolute atomic E-state index is 0.123. The fraction of sp³-hybridized carbons (Fsp3) is 0.889. The SMILES string of the molecule is CCOC(C)CN=C(NN)NC(C)C. The van der Waals surface area contributed by atoms with E-state index >= 15 is 0 Å². The molecule has 0 saturated heterocycles. The molecule has 0 aliphatic rings. The van der Waals surface area contributed by atoms with Crippen molar-refractivity contribution in [1.82, 2.24) is 10.7 Å². The summed E-state index contributed by atoms with van der Waals surface area (Å²) in [7, 11) is 0. The van der Waals surface area contributed by atoms with Gasteiger partial charge in [-0.2, -0.15) is 0 Å². The van der Waals surface area contributed by atoms with Crippen molar-refractivity contribution in [1.29, 1.82) is 0 Å². The monoisotopic (exact) mass is 202 g/mol. The Bertz CT molecular complexity index is 170. The summed E-state index contributed by atoms with van der Waals surface area (Å²) >= 11 is 0. The van der Waals surface area contributed by atoms with Gasteiger partial charge in [-0.05, 0) is 27.7 Å². The highest BCUT2D eigenvalue weighted by molar-refractivity contribution is 5.79. The largest absolute Gasteiger partial charge is 0.377 e. The Morgan fingerprint density at radius 2 is 2.07 bits per heavy atom. The molecule has 0 spiro atoms. The maximum atomic E-state index is 5.34. The predicted molar refractivity (Wildman–Crippen MR) is 59.0 cm³/mol. The molecular weight excluding hydrogens is 180 g/mol. The lowest BCUT2D eigenvalue weighted by Gasteiger charge is -2.13. The molecule has 0 radical (unpaired) electrons. The van der Waals surface area contributed by atoms with E-state index in [1.807, 2.05) is 27.7 Å². The zero-order valence-corrected chi connectivity index (χ0v) is 9.50. The third kappa shape index (κ3) is 6.68. The van der Waals surface area contributed by atoms with Crippen LogP contribution in [0.1, 0.15) is 27.7 Å². The summed E-state index contributed by atoms with van der Waals surface area (Å²) in [4.78, 5) is 4.25. The van der Waals surface area contributed by atoms with Crippen molar-refractivity contribution in [3.05, 3.63) is 0 Å². The van der Waals surface area contributed by atoms with Crippen LogP contribution in [-0.4, -0.2) is 31.3 Å². The Morgan fingerprint density at radius 1 is 1.43 bits per heavy atom. The molecule has 4 N–H and O–H groups in total. The van der Waals surface area contributed by atoms with Gasteiger partial charge in [0.1, 0.15) is 0 Å². The Balaban J connectivity index is 3.91. The van der Waals surface area contributed by atoms with E-state index in [4.69, 9.17) is 10.6 Å². The number of nitrogens with zero attached hydrogens (tertiary/aromatic N) is 1. The summed E-state index contributed by atoms with van der Waals surface area (Å²) in [6, 6.07) is 0.312. The number of rotatable bonds is 5. The van der Waals surface area contributed by atoms with Gasteiger partial charge in [0.05, 0.1) is 12.6 Å². The van der Waals surface area contributed by atoms with E-state index in [0.717, 1.165) is 0 Å². The number of nitrogens with one attached hydrogen (secondary N) is 2. The maximum absolute atomic E-state index is 5.34. The van der Waals surface area contributed by atoms with Gasteiger partial charge in [-0.15, -0.1) is 0 Å². The van der Waals surface area contributed by atoms with Crippen molar-refractivity contribution in [2.75, 3.05) is 13.2 Å². The molecule has 0 bridgehead atoms. The molecule has 0 saturated carbocycles. The quantitative estimate of drug-likeness (QED) is 0.258. The molecule has 0 rings (SSSR count). The lowest BCUT2D eigenvalue weighted by molar-refractivity contribution is 0.0828. The third-order valence-corrected chi connectivity index (χ3v) is 1.52. The van der Waals surface area contributed by atoms with E-state index in [2.05, 4.69) is 15.7 Å². The van der Waals surface area contributed by atoms with Crippen LogP contribution in [0.5, 0.6) is 0 Å². The minimum Gasteiger partial charge on any atom is -0.377 e. The van der Waals surface area contributed by atoms with Gasteiger partial charge in [0.15, 0.2) is 0 Å². The molecule has 0 aromatic rings. The second-order valence-corrected chi connectivity index (χ2v) is 3.40. The van der Waals surface area contributed by atoms with Gasteiger partial charge < -0.3 is 10.1 Å². The average Bonchev–Trinajstić information content (AvgIpc) is 2.12. The summed E-state index contributed by atoms with van der Waals surface area (Å²) in [6.07, 6.45) is 0.123. The second-order valence-electron chi connectivity index (χ2n) is 3.40. The van der Waals surface area contributed by atoms with Gasteiger partial charge in [-0.3, -0.25) is 5.43 Å². The van der Waals surface area contributed by atoms with Crippen molar-refractivity contribution < 1.29 is 4.74 Å². The summed E-state index contributed by atoms with van der Waals surface area (Å²) in [5.41, 5.74) is 2.51. The second kappa shape index (κ2) is 7.58. The van der Waals surface area contributed by atoms with Crippen LogP contribution in [-0.2, 0) is 4.74 Å². The molecule has 0 heterocycles. The van der Waals surface area contributed by atoms with E-state index in [0.29, 0.717) is 25.2 Å². The number of ether oxygens (including phenoxy) is 1. The van der Waals surface area contributed by atoms with Crippen LogP contribution in [0.25, 0.3) is 0 Å². The molecule has 0 aliphatic carbocycles. The molecule has 14 heavy (non-hydrogen) atoms. The first-order valence-corrected chi connectivity index (χ1v) is 4.99. The highest BCUT2D eigenvalue weighted by atomic mass is 16.5. The van der Waals surface area contributed by atoms with Crippen LogP contribution in [0.2, 0.25) is 0 Å². The molecule has 5 heteroatoms. The van der Waals surface area contributed by atoms with Crippen molar-refractivity contribution in [2.24, 2.45) is 10.8 Å². The van der Waals surface area contributed by atoms with Gasteiger partial charge in [-0.25, -0.2) is 10.8 Å². The standard InChI is InChI=1S/C9H22N4O/c1-5-14-8(4)6-11-9(13-10)12-7(2)3/h7-8H,5-6,10H2,1-4H3,(H2,11,12,13). The molecule has 1 atom stereocenters. The Labute approximate surface area is 86.1 Å². The predicted octanol–water partition coefficient (Wildman–Crippen LogP) is 0.229. The van der Waals surface area contributed by atoms with Gasteiger partial charge in [0.25, 0.3) is 0 Å². The number of nitrogens with two attached hydrogens (primary N) is 1. The van der Waals surface area contributed by atoms with Crippen LogP contribution < -0.4 is 16.6 Å². The molecule has 1 unspecified atom stereocenters. The molecule has 0 aromatic carbocycles. The molecule has 5 nitrogen and oxygen atoms in total. The lowest BCUT2D eigenvalue weighted by atomic mass is 10.4. The minimum atomic E-state index is 0.123. The summed E-state index contributed by atoms with van der Waals surface area (Å²) in [5, 5.41) is 3.09. The Morgan fingerprint density at radius 3 is 2.50 bits per heavy atom. The van der Waals surface area contributed by atoms with Crippen LogP contribution in [0.15, 0.2) is 4.99 Å². The van der Waals surface area contributed by atoms with Crippen molar-refractivity contribution in [2.45, 2.75) is 39.8 Å². The topological polar surface area (TPSA) is 71.7 Å². The van der Waals surface area contributed by atoms with E-state index in [-0.39, 0.29) is 6.10 Å². The van der Waals surface area contributed by atoms with Gasteiger partial charge in [0, 0.05) is 12.6 Å². The van der Waals surface area contributed by atoms with Crippen LogP contribution in [0.3, 0.4) is 0 Å². The first-order chi connectivity index (χ1) is 6.60. The van der Waals surface area contributed by atoms with E-state index in [1.165, 1.54) is 0 Å². The molecular formula is C9H22N4O. The van der Waals surface area contributed by atoms with Crippen LogP contribution in [0.4, 0.5) is 0 Å². The summed E-state index contributed by atoms with van der Waals surface area (Å²) < 4.78 is 5.34. The van der Waals surface area contributed by atoms with Crippen molar-refractivity contribution in [3.63, 3.8) is 0 Å². The number of aliphatic imine (C=N–C) groups is 1. The first kappa shape index (κ1) is 13.2. The van der Waals surface area contributed by atoms with Crippen LogP contribution in [0, 0.1) is 0 Å². The van der Waals surface area contributed by atoms with E-state index < -0.39 is 0 Å². The van der Waals surface area contributed by atoms with Crippen molar-refractivity contribution in [3.8, 4) is 0 Å². The smallest absolute Gasteiger partial charge is 0.206 e. The first-order valence-electron chi connectivity index (χ1n) is 4.99. The highest BCUT2D eigenvalue weighted by Gasteiger charge is 2.01. The number of hydrogen-bond donors (Lipinski definition) is 3. The fourth-order valence-electron chi connectivity index (χ4n) is 0.963. The Kier molecular flexibility index (Phi) is 7.14. The molecule has 0 aromatic heterocycles.